The van der Waals surface area contributed by atoms with Gasteiger partial charge in [0, 0.05) is 5.56 Å². The maximum Gasteiger partial charge on any atom is 0.271 e. The van der Waals surface area contributed by atoms with E-state index in [2.05, 4.69) is 21.1 Å². The van der Waals surface area contributed by atoms with Crippen molar-refractivity contribution < 1.29 is 23.7 Å². The summed E-state index contributed by atoms with van der Waals surface area (Å²) in [6.07, 6.45) is 3.22. The normalized spacial score (nSPS) is 14.2. The number of ether oxygens (including phenoxy) is 4. The Kier molecular flexibility index (Phi) is 6.24. The predicted octanol–water partition coefficient (Wildman–Crippen LogP) is 3.44. The average molecular weight is 458 g/mol. The fourth-order valence-corrected chi connectivity index (χ4v) is 3.42. The standard InChI is InChI=1S/C25H22N4O5/c30-25(29-27-16-18-5-7-22-24(13-18)34-11-9-32-22)19-2-1-3-20(14-19)28-26-15-17-4-6-21-23(12-17)33-10-8-31-21/h1-7,12-16,28H,8-11H2,(H,29,30)/b26-15+,27-16+. The summed E-state index contributed by atoms with van der Waals surface area (Å²) in [4.78, 5) is 12.5. The van der Waals surface area contributed by atoms with E-state index in [4.69, 9.17) is 18.9 Å². The lowest BCUT2D eigenvalue weighted by Crippen LogP contribution is -2.18. The largest absolute Gasteiger partial charge is 0.486 e. The molecule has 0 fully saturated rings. The third-order valence-electron chi connectivity index (χ3n) is 5.04. The molecule has 0 aromatic heterocycles. The van der Waals surface area contributed by atoms with Crippen LogP contribution in [0.15, 0.2) is 70.9 Å². The Morgan fingerprint density at radius 3 is 1.94 bits per heavy atom. The summed E-state index contributed by atoms with van der Waals surface area (Å²) in [7, 11) is 0. The Morgan fingerprint density at radius 1 is 0.706 bits per heavy atom. The zero-order valence-corrected chi connectivity index (χ0v) is 18.2. The van der Waals surface area contributed by atoms with Gasteiger partial charge in [-0.3, -0.25) is 10.2 Å². The molecule has 0 unspecified atom stereocenters. The van der Waals surface area contributed by atoms with Crippen LogP contribution in [-0.2, 0) is 0 Å². The number of nitrogens with one attached hydrogen (secondary N) is 2. The van der Waals surface area contributed by atoms with Crippen molar-refractivity contribution in [3.63, 3.8) is 0 Å². The quantitative estimate of drug-likeness (QED) is 0.433. The molecule has 2 aliphatic rings. The van der Waals surface area contributed by atoms with E-state index in [-0.39, 0.29) is 5.91 Å². The van der Waals surface area contributed by atoms with E-state index in [1.54, 1.807) is 30.6 Å². The van der Waals surface area contributed by atoms with Gasteiger partial charge in [0.15, 0.2) is 23.0 Å². The molecule has 0 bridgehead atoms. The Morgan fingerprint density at radius 2 is 1.29 bits per heavy atom. The second kappa shape index (κ2) is 9.95. The zero-order chi connectivity index (χ0) is 23.2. The van der Waals surface area contributed by atoms with Crippen LogP contribution in [0.25, 0.3) is 0 Å². The number of rotatable bonds is 6. The lowest BCUT2D eigenvalue weighted by Gasteiger charge is -2.18. The molecule has 2 N–H and O–H groups in total. The fourth-order valence-electron chi connectivity index (χ4n) is 3.42. The van der Waals surface area contributed by atoms with Gasteiger partial charge in [0.05, 0.1) is 18.1 Å². The molecule has 3 aromatic rings. The molecule has 172 valence electrons. The summed E-state index contributed by atoms with van der Waals surface area (Å²) in [5.41, 5.74) is 8.22. The summed E-state index contributed by atoms with van der Waals surface area (Å²) >= 11 is 0. The van der Waals surface area contributed by atoms with Gasteiger partial charge in [0.25, 0.3) is 5.91 Å². The molecular weight excluding hydrogens is 436 g/mol. The highest BCUT2D eigenvalue weighted by atomic mass is 16.6. The van der Waals surface area contributed by atoms with Gasteiger partial charge in [-0.15, -0.1) is 0 Å². The first-order valence-electron chi connectivity index (χ1n) is 10.8. The number of fused-ring (bicyclic) bond motifs is 2. The van der Waals surface area contributed by atoms with Crippen molar-refractivity contribution >= 4 is 24.0 Å². The first kappa shape index (κ1) is 21.3. The van der Waals surface area contributed by atoms with Crippen LogP contribution in [0.3, 0.4) is 0 Å². The Hall–Kier alpha value is -4.53. The van der Waals surface area contributed by atoms with Crippen LogP contribution in [0.2, 0.25) is 0 Å². The molecule has 0 spiro atoms. The first-order chi connectivity index (χ1) is 16.7. The molecule has 0 atom stereocenters. The molecule has 0 aliphatic carbocycles. The number of hydrogen-bond acceptors (Lipinski definition) is 8. The van der Waals surface area contributed by atoms with Gasteiger partial charge in [0.1, 0.15) is 26.4 Å². The van der Waals surface area contributed by atoms with E-state index in [0.717, 1.165) is 16.9 Å². The molecule has 9 nitrogen and oxygen atoms in total. The minimum Gasteiger partial charge on any atom is -0.486 e. The number of amides is 1. The summed E-state index contributed by atoms with van der Waals surface area (Å²) in [6, 6.07) is 18.1. The van der Waals surface area contributed by atoms with Crippen LogP contribution in [-0.4, -0.2) is 44.8 Å². The minimum absolute atomic E-state index is 0.340. The number of hydrogen-bond donors (Lipinski definition) is 2. The molecule has 9 heteroatoms. The fraction of sp³-hybridized carbons (Fsp3) is 0.160. The molecule has 0 saturated carbocycles. The van der Waals surface area contributed by atoms with Crippen molar-refractivity contribution in [2.24, 2.45) is 10.2 Å². The number of carbonyl (C=O) groups excluding carboxylic acids is 1. The molecule has 2 aliphatic heterocycles. The lowest BCUT2D eigenvalue weighted by atomic mass is 10.2. The van der Waals surface area contributed by atoms with Crippen molar-refractivity contribution in [2.45, 2.75) is 0 Å². The average Bonchev–Trinajstić information content (AvgIpc) is 2.88. The number of carbonyl (C=O) groups is 1. The SMILES string of the molecule is O=C(N/N=C/c1ccc2c(c1)OCCO2)c1cccc(N/N=C/c2ccc3c(c2)OCCO3)c1. The zero-order valence-electron chi connectivity index (χ0n) is 18.2. The van der Waals surface area contributed by atoms with Gasteiger partial charge in [0.2, 0.25) is 0 Å². The molecule has 0 saturated heterocycles. The summed E-state index contributed by atoms with van der Waals surface area (Å²) < 4.78 is 22.2. The van der Waals surface area contributed by atoms with E-state index in [0.29, 0.717) is 54.9 Å². The van der Waals surface area contributed by atoms with E-state index >= 15 is 0 Å². The highest BCUT2D eigenvalue weighted by Crippen LogP contribution is 2.31. The Labute approximate surface area is 196 Å². The molecule has 0 radical (unpaired) electrons. The lowest BCUT2D eigenvalue weighted by molar-refractivity contribution is 0.0955. The van der Waals surface area contributed by atoms with Crippen molar-refractivity contribution in [1.29, 1.82) is 0 Å². The van der Waals surface area contributed by atoms with Crippen molar-refractivity contribution in [2.75, 3.05) is 31.9 Å². The number of nitrogens with zero attached hydrogens (tertiary/aromatic N) is 2. The smallest absolute Gasteiger partial charge is 0.271 e. The van der Waals surface area contributed by atoms with E-state index in [9.17, 15) is 4.79 Å². The van der Waals surface area contributed by atoms with Crippen LogP contribution in [0.4, 0.5) is 5.69 Å². The minimum atomic E-state index is -0.340. The Bertz CT molecular complexity index is 1260. The summed E-state index contributed by atoms with van der Waals surface area (Å²) in [5, 5.41) is 8.28. The van der Waals surface area contributed by atoms with E-state index in [1.807, 2.05) is 42.5 Å². The van der Waals surface area contributed by atoms with Gasteiger partial charge >= 0.3 is 0 Å². The van der Waals surface area contributed by atoms with E-state index < -0.39 is 0 Å². The highest BCUT2D eigenvalue weighted by Gasteiger charge is 2.12. The summed E-state index contributed by atoms with van der Waals surface area (Å²) in [6.45, 7) is 2.13. The predicted molar refractivity (Wildman–Crippen MR) is 128 cm³/mol. The van der Waals surface area contributed by atoms with Crippen molar-refractivity contribution in [1.82, 2.24) is 5.43 Å². The molecule has 34 heavy (non-hydrogen) atoms. The van der Waals surface area contributed by atoms with Crippen LogP contribution < -0.4 is 29.8 Å². The van der Waals surface area contributed by atoms with Gasteiger partial charge in [-0.1, -0.05) is 6.07 Å². The number of benzene rings is 3. The third kappa shape index (κ3) is 5.09. The topological polar surface area (TPSA) is 103 Å². The van der Waals surface area contributed by atoms with Gasteiger partial charge in [-0.2, -0.15) is 10.2 Å². The van der Waals surface area contributed by atoms with Crippen molar-refractivity contribution in [3.8, 4) is 23.0 Å². The van der Waals surface area contributed by atoms with Gasteiger partial charge < -0.3 is 18.9 Å². The van der Waals surface area contributed by atoms with E-state index in [1.165, 1.54) is 0 Å². The first-order valence-corrected chi connectivity index (χ1v) is 10.8. The maximum atomic E-state index is 12.5. The van der Waals surface area contributed by atoms with Gasteiger partial charge in [-0.25, -0.2) is 5.43 Å². The highest BCUT2D eigenvalue weighted by molar-refractivity contribution is 5.95. The number of hydrazone groups is 2. The maximum absolute atomic E-state index is 12.5. The molecule has 3 aromatic carbocycles. The summed E-state index contributed by atoms with van der Waals surface area (Å²) in [5.74, 6) is 2.45. The number of anilines is 1. The van der Waals surface area contributed by atoms with Crippen LogP contribution in [0.5, 0.6) is 23.0 Å². The van der Waals surface area contributed by atoms with Gasteiger partial charge in [-0.05, 0) is 65.7 Å². The molecular formula is C25H22N4O5. The van der Waals surface area contributed by atoms with Crippen LogP contribution in [0.1, 0.15) is 21.5 Å². The third-order valence-corrected chi connectivity index (χ3v) is 5.04. The van der Waals surface area contributed by atoms with Crippen LogP contribution >= 0.6 is 0 Å². The van der Waals surface area contributed by atoms with Crippen molar-refractivity contribution in [3.05, 3.63) is 77.4 Å². The second-order valence-corrected chi connectivity index (χ2v) is 7.46. The van der Waals surface area contributed by atoms with Crippen LogP contribution in [0, 0.1) is 0 Å². The molecule has 1 amide bonds. The monoisotopic (exact) mass is 458 g/mol. The Balaban J connectivity index is 1.18. The molecule has 5 rings (SSSR count). The second-order valence-electron chi connectivity index (χ2n) is 7.46. The molecule has 2 heterocycles.